The van der Waals surface area contributed by atoms with Crippen molar-refractivity contribution in [3.05, 3.63) is 0 Å². The molecule has 4 amide bonds. The molecule has 0 aromatic rings. The predicted molar refractivity (Wildman–Crippen MR) is 239 cm³/mol. The maximum Gasteiger partial charge on any atom is 0.242 e. The Morgan fingerprint density at radius 2 is 1.05 bits per heavy atom. The number of nitrogens with one attached hydrogen (secondary N) is 2. The lowest BCUT2D eigenvalue weighted by molar-refractivity contribution is -0.161. The number of hydrogen-bond donors (Lipinski definition) is 4. The number of rotatable bonds is 45. The van der Waals surface area contributed by atoms with Crippen LogP contribution in [0.2, 0.25) is 0 Å². The summed E-state index contributed by atoms with van der Waals surface area (Å²) < 4.78 is 70.6. The summed E-state index contributed by atoms with van der Waals surface area (Å²) in [5.41, 5.74) is 0. The van der Waals surface area contributed by atoms with Gasteiger partial charge < -0.3 is 82.4 Å². The molecule has 2 aliphatic rings. The lowest BCUT2D eigenvalue weighted by atomic mass is 9.87. The third kappa shape index (κ3) is 29.0. The Morgan fingerprint density at radius 3 is 1.45 bits per heavy atom. The van der Waals surface area contributed by atoms with Crippen molar-refractivity contribution in [2.24, 2.45) is 5.92 Å². The van der Waals surface area contributed by atoms with Crippen LogP contribution in [0.3, 0.4) is 0 Å². The van der Waals surface area contributed by atoms with E-state index in [2.05, 4.69) is 10.6 Å². The highest BCUT2D eigenvalue weighted by atomic mass is 32.2. The van der Waals surface area contributed by atoms with Crippen LogP contribution >= 0.6 is 11.8 Å². The second-order valence-electron chi connectivity index (χ2n) is 15.0. The van der Waals surface area contributed by atoms with Crippen molar-refractivity contribution >= 4 is 35.4 Å². The van der Waals surface area contributed by atoms with Crippen LogP contribution in [-0.2, 0) is 80.8 Å². The monoisotopic (exact) mass is 974 g/mol. The lowest BCUT2D eigenvalue weighted by Gasteiger charge is -2.42. The van der Waals surface area contributed by atoms with Gasteiger partial charge in [0.2, 0.25) is 23.6 Å². The van der Waals surface area contributed by atoms with Gasteiger partial charge >= 0.3 is 0 Å². The summed E-state index contributed by atoms with van der Waals surface area (Å²) in [6.45, 7) is 14.2. The van der Waals surface area contributed by atoms with Crippen molar-refractivity contribution in [3.8, 4) is 0 Å². The van der Waals surface area contributed by atoms with Gasteiger partial charge in [-0.15, -0.1) is 11.8 Å². The van der Waals surface area contributed by atoms with Crippen molar-refractivity contribution in [1.29, 1.82) is 0 Å². The number of thioether (sulfide) groups is 1. The fourth-order valence-electron chi connectivity index (χ4n) is 6.30. The van der Waals surface area contributed by atoms with Crippen molar-refractivity contribution in [3.63, 3.8) is 0 Å². The molecule has 0 saturated carbocycles. The average molecular weight is 974 g/mol. The molecule has 2 heterocycles. The summed E-state index contributed by atoms with van der Waals surface area (Å²) in [5.74, 6) is -1.42. The molecule has 6 atom stereocenters. The molecule has 0 aliphatic carbocycles. The first-order valence-electron chi connectivity index (χ1n) is 23.0. The van der Waals surface area contributed by atoms with Gasteiger partial charge in [-0.2, -0.15) is 0 Å². The molecule has 4 N–H and O–H groups in total. The minimum absolute atomic E-state index is 0.00553. The molecule has 0 bridgehead atoms. The van der Waals surface area contributed by atoms with Crippen molar-refractivity contribution in [2.45, 2.75) is 62.7 Å². The Labute approximate surface area is 394 Å². The van der Waals surface area contributed by atoms with Gasteiger partial charge in [0, 0.05) is 51.1 Å². The average Bonchev–Trinajstić information content (AvgIpc) is 3.58. The molecular weight excluding hydrogens is 895 g/mol. The first kappa shape index (κ1) is 60.0. The molecule has 0 aromatic heterocycles. The van der Waals surface area contributed by atoms with Gasteiger partial charge in [0.25, 0.3) is 0 Å². The highest BCUT2D eigenvalue weighted by Crippen LogP contribution is 2.27. The highest BCUT2D eigenvalue weighted by Gasteiger charge is 2.42. The molecule has 2 saturated heterocycles. The number of carbonyl (C=O) groups is 4. The minimum atomic E-state index is -0.878. The normalized spacial score (nSPS) is 21.0. The molecule has 2 fully saturated rings. The van der Waals surface area contributed by atoms with Crippen molar-refractivity contribution in [1.82, 2.24) is 15.5 Å². The standard InChI is InChI=1S/C43H79N3O19S/c1-34-36(33-47)65-35(2)41(42(34)51)45-39(49)5-31-66-37-32-40(50)46(43(37)52)7-4-38(48)44-6-8-54-11-12-56-15-16-58-19-20-60-23-24-62-27-28-64-30-29-63-26-25-61-22-21-59-18-17-57-14-13-55-10-9-53-3/h34-37,41-42,47,51H,4-33H2,1-3H3,(H,44,48)(H,45,49)/t34-,35+,36-,37?,41+,42+/m1/s1. The molecule has 0 radical (unpaired) electrons. The molecule has 23 heteroatoms. The molecule has 2 aliphatic heterocycles. The summed E-state index contributed by atoms with van der Waals surface area (Å²) in [6, 6.07) is -0.626. The van der Waals surface area contributed by atoms with Crippen molar-refractivity contribution in [2.75, 3.05) is 185 Å². The zero-order valence-corrected chi connectivity index (χ0v) is 40.2. The minimum Gasteiger partial charge on any atom is -0.394 e. The van der Waals surface area contributed by atoms with Crippen LogP contribution in [0.5, 0.6) is 0 Å². The maximum atomic E-state index is 12.8. The molecule has 0 spiro atoms. The van der Waals surface area contributed by atoms with Crippen molar-refractivity contribution < 1.29 is 91.0 Å². The van der Waals surface area contributed by atoms with Gasteiger partial charge in [-0.1, -0.05) is 6.92 Å². The summed E-state index contributed by atoms with van der Waals surface area (Å²) in [7, 11) is 1.64. The Bertz CT molecular complexity index is 1250. The SMILES string of the molecule is COCCOCCOCCOCCOCCOCCOCCOCCOCCOCCOCCOCCNC(=O)CCN1C(=O)CC(SCCC(=O)N[C@@H]2[C@@H](O)[C@H](C)[C@@H](CO)O[C@H]2C)C1=O. The van der Waals surface area contributed by atoms with E-state index in [1.165, 1.54) is 11.8 Å². The van der Waals surface area contributed by atoms with Crippen LogP contribution < -0.4 is 10.6 Å². The first-order valence-corrected chi connectivity index (χ1v) is 24.0. The van der Waals surface area contributed by atoms with E-state index < -0.39 is 29.6 Å². The number of aliphatic hydroxyl groups is 2. The van der Waals surface area contributed by atoms with Gasteiger partial charge in [0.1, 0.15) is 0 Å². The molecular formula is C43H79N3O19S. The van der Waals surface area contributed by atoms with E-state index in [9.17, 15) is 29.4 Å². The smallest absolute Gasteiger partial charge is 0.242 e. The fraction of sp³-hybridized carbons (Fsp3) is 0.907. The zero-order chi connectivity index (χ0) is 47.9. The van der Waals surface area contributed by atoms with E-state index in [0.717, 1.165) is 4.90 Å². The largest absolute Gasteiger partial charge is 0.394 e. The number of carbonyl (C=O) groups excluding carboxylic acids is 4. The van der Waals surface area contributed by atoms with Gasteiger partial charge in [-0.05, 0) is 6.92 Å². The second kappa shape index (κ2) is 40.7. The number of methoxy groups -OCH3 is 1. The third-order valence-electron chi connectivity index (χ3n) is 10.0. The quantitative estimate of drug-likeness (QED) is 0.0415. The lowest BCUT2D eigenvalue weighted by Crippen LogP contribution is -2.60. The zero-order valence-electron chi connectivity index (χ0n) is 39.4. The van der Waals surface area contributed by atoms with E-state index in [1.54, 1.807) is 21.0 Å². The predicted octanol–water partition coefficient (Wildman–Crippen LogP) is -1.17. The number of aliphatic hydroxyl groups excluding tert-OH is 2. The topological polar surface area (TPSA) is 256 Å². The molecule has 386 valence electrons. The first-order chi connectivity index (χ1) is 32.2. The summed E-state index contributed by atoms with van der Waals surface area (Å²) in [5, 5.41) is 24.9. The van der Waals surface area contributed by atoms with Gasteiger partial charge in [0.15, 0.2) is 0 Å². The summed E-state index contributed by atoms with van der Waals surface area (Å²) in [4.78, 5) is 51.3. The van der Waals surface area contributed by atoms with E-state index >= 15 is 0 Å². The van der Waals surface area contributed by atoms with Gasteiger partial charge in [-0.3, -0.25) is 24.1 Å². The second-order valence-corrected chi connectivity index (χ2v) is 16.3. The third-order valence-corrected chi connectivity index (χ3v) is 11.2. The number of nitrogens with zero attached hydrogens (tertiary/aromatic N) is 1. The molecule has 2 rings (SSSR count). The van der Waals surface area contributed by atoms with Crippen LogP contribution in [-0.4, -0.2) is 253 Å². The van der Waals surface area contributed by atoms with Crippen LogP contribution in [0.25, 0.3) is 0 Å². The van der Waals surface area contributed by atoms with Crippen LogP contribution in [0.1, 0.15) is 33.1 Å². The molecule has 1 unspecified atom stereocenters. The molecule has 0 aromatic carbocycles. The van der Waals surface area contributed by atoms with E-state index in [-0.39, 0.29) is 75.1 Å². The molecule has 66 heavy (non-hydrogen) atoms. The van der Waals surface area contributed by atoms with E-state index in [1.807, 2.05) is 0 Å². The van der Waals surface area contributed by atoms with Gasteiger partial charge in [0.05, 0.1) is 188 Å². The number of amides is 4. The van der Waals surface area contributed by atoms with E-state index in [4.69, 9.17) is 61.6 Å². The summed E-state index contributed by atoms with van der Waals surface area (Å²) in [6.07, 6.45) is -1.82. The maximum absolute atomic E-state index is 12.8. The number of imide groups is 1. The number of ether oxygens (including phenoxy) is 13. The Kier molecular flexibility index (Phi) is 37.0. The highest BCUT2D eigenvalue weighted by molar-refractivity contribution is 8.00. The van der Waals surface area contributed by atoms with Gasteiger partial charge in [-0.25, -0.2) is 0 Å². The number of hydrogen-bond acceptors (Lipinski definition) is 20. The van der Waals surface area contributed by atoms with Crippen LogP contribution in [0, 0.1) is 5.92 Å². The fourth-order valence-corrected chi connectivity index (χ4v) is 7.42. The summed E-state index contributed by atoms with van der Waals surface area (Å²) >= 11 is 1.21. The Hall–Kier alpha value is -2.17. The van der Waals surface area contributed by atoms with Crippen LogP contribution in [0.4, 0.5) is 0 Å². The molecule has 22 nitrogen and oxygen atoms in total. The van der Waals surface area contributed by atoms with Crippen LogP contribution in [0.15, 0.2) is 0 Å². The number of likely N-dealkylation sites (tertiary alicyclic amines) is 1. The Morgan fingerprint density at radius 1 is 0.636 bits per heavy atom. The van der Waals surface area contributed by atoms with E-state index in [0.29, 0.717) is 151 Å². The Balaban J connectivity index is 1.27.